The maximum Gasteiger partial charge on any atom is 0.253 e. The molecule has 28 heavy (non-hydrogen) atoms. The number of furan rings is 1. The molecule has 0 radical (unpaired) electrons. The summed E-state index contributed by atoms with van der Waals surface area (Å²) in [5.41, 5.74) is 0.0213. The standard InChI is InChI=1S/C18H20Cl2N2O5S/c1-11-3-4-16(27-11)12(2)21-18(23)13-9-17(15(20)10-14(13)19)28(24,25)22-5-7-26-8-6-22/h3-4,9-10,12H,5-8H2,1-2H3,(H,21,23). The summed E-state index contributed by atoms with van der Waals surface area (Å²) in [6.07, 6.45) is 0. The predicted molar refractivity (Wildman–Crippen MR) is 105 cm³/mol. The zero-order chi connectivity index (χ0) is 20.5. The summed E-state index contributed by atoms with van der Waals surface area (Å²) in [4.78, 5) is 12.6. The topological polar surface area (TPSA) is 88.9 Å². The fraction of sp³-hybridized carbons (Fsp3) is 0.389. The van der Waals surface area contributed by atoms with Crippen LogP contribution in [0.5, 0.6) is 0 Å². The Hall–Kier alpha value is -1.58. The first-order valence-electron chi connectivity index (χ1n) is 8.64. The average Bonchev–Trinajstić information content (AvgIpc) is 3.08. The average molecular weight is 447 g/mol. The quantitative estimate of drug-likeness (QED) is 0.759. The molecule has 0 spiro atoms. The molecule has 1 atom stereocenters. The summed E-state index contributed by atoms with van der Waals surface area (Å²) >= 11 is 12.3. The van der Waals surface area contributed by atoms with Crippen LogP contribution in [-0.2, 0) is 14.8 Å². The first-order chi connectivity index (χ1) is 13.2. The van der Waals surface area contributed by atoms with Crippen LogP contribution in [0.3, 0.4) is 0 Å². The van der Waals surface area contributed by atoms with Gasteiger partial charge in [-0.25, -0.2) is 8.42 Å². The number of aryl methyl sites for hydroxylation is 1. The van der Waals surface area contributed by atoms with Crippen molar-refractivity contribution in [2.45, 2.75) is 24.8 Å². The van der Waals surface area contributed by atoms with Crippen molar-refractivity contribution in [3.05, 3.63) is 51.4 Å². The molecule has 1 N–H and O–H groups in total. The lowest BCUT2D eigenvalue weighted by Gasteiger charge is -2.26. The highest BCUT2D eigenvalue weighted by molar-refractivity contribution is 7.89. The molecular weight excluding hydrogens is 427 g/mol. The Balaban J connectivity index is 1.89. The minimum atomic E-state index is -3.88. The Morgan fingerprint density at radius 2 is 1.86 bits per heavy atom. The molecule has 1 aliphatic heterocycles. The lowest BCUT2D eigenvalue weighted by molar-refractivity contribution is 0.0730. The van der Waals surface area contributed by atoms with Crippen LogP contribution in [0, 0.1) is 6.92 Å². The van der Waals surface area contributed by atoms with Crippen molar-refractivity contribution in [2.24, 2.45) is 0 Å². The molecule has 3 rings (SSSR count). The number of nitrogens with one attached hydrogen (secondary N) is 1. The number of carbonyl (C=O) groups excluding carboxylic acids is 1. The number of ether oxygens (including phenoxy) is 1. The number of sulfonamides is 1. The second kappa shape index (κ2) is 8.42. The van der Waals surface area contributed by atoms with Crippen molar-refractivity contribution in [2.75, 3.05) is 26.3 Å². The molecule has 1 amide bonds. The fourth-order valence-electron chi connectivity index (χ4n) is 2.86. The number of hydrogen-bond acceptors (Lipinski definition) is 5. The number of benzene rings is 1. The molecule has 2 aromatic rings. The van der Waals surface area contributed by atoms with Crippen LogP contribution >= 0.6 is 23.2 Å². The number of rotatable bonds is 5. The van der Waals surface area contributed by atoms with Gasteiger partial charge in [0.25, 0.3) is 5.91 Å². The van der Waals surface area contributed by atoms with Gasteiger partial charge in [-0.3, -0.25) is 4.79 Å². The first kappa shape index (κ1) is 21.1. The van der Waals surface area contributed by atoms with Crippen molar-refractivity contribution in [1.82, 2.24) is 9.62 Å². The molecule has 0 aliphatic carbocycles. The largest absolute Gasteiger partial charge is 0.464 e. The first-order valence-corrected chi connectivity index (χ1v) is 10.8. The number of halogens is 2. The van der Waals surface area contributed by atoms with Crippen LogP contribution in [0.15, 0.2) is 33.6 Å². The molecule has 7 nitrogen and oxygen atoms in total. The van der Waals surface area contributed by atoms with Crippen LogP contribution in [0.4, 0.5) is 0 Å². The summed E-state index contributed by atoms with van der Waals surface area (Å²) in [7, 11) is -3.88. The SMILES string of the molecule is Cc1ccc(C(C)NC(=O)c2cc(S(=O)(=O)N3CCOCC3)c(Cl)cc2Cl)o1. The lowest BCUT2D eigenvalue weighted by atomic mass is 10.2. The number of nitrogens with zero attached hydrogens (tertiary/aromatic N) is 1. The second-order valence-corrected chi connectivity index (χ2v) is 9.14. The maximum atomic E-state index is 12.9. The van der Waals surface area contributed by atoms with Gasteiger partial charge in [-0.1, -0.05) is 23.2 Å². The normalized spacial score (nSPS) is 16.7. The van der Waals surface area contributed by atoms with Crippen molar-refractivity contribution in [1.29, 1.82) is 0 Å². The van der Waals surface area contributed by atoms with E-state index in [-0.39, 0.29) is 33.6 Å². The van der Waals surface area contributed by atoms with E-state index in [2.05, 4.69) is 5.32 Å². The molecule has 10 heteroatoms. The molecule has 0 bridgehead atoms. The zero-order valence-corrected chi connectivity index (χ0v) is 17.7. The molecule has 152 valence electrons. The molecule has 1 aromatic carbocycles. The van der Waals surface area contributed by atoms with E-state index in [1.165, 1.54) is 16.4 Å². The highest BCUT2D eigenvalue weighted by Crippen LogP contribution is 2.31. The van der Waals surface area contributed by atoms with Crippen LogP contribution in [0.25, 0.3) is 0 Å². The smallest absolute Gasteiger partial charge is 0.253 e. The van der Waals surface area contributed by atoms with E-state index in [0.29, 0.717) is 19.0 Å². The summed E-state index contributed by atoms with van der Waals surface area (Å²) in [5, 5.41) is 2.78. The van der Waals surface area contributed by atoms with Crippen LogP contribution in [0.1, 0.15) is 34.8 Å². The van der Waals surface area contributed by atoms with Crippen molar-refractivity contribution in [3.8, 4) is 0 Å². The lowest BCUT2D eigenvalue weighted by Crippen LogP contribution is -2.40. The van der Waals surface area contributed by atoms with Gasteiger partial charge in [0.1, 0.15) is 16.4 Å². The van der Waals surface area contributed by atoms with Gasteiger partial charge in [-0.05, 0) is 38.1 Å². The van der Waals surface area contributed by atoms with Gasteiger partial charge < -0.3 is 14.5 Å². The number of amides is 1. The third-order valence-electron chi connectivity index (χ3n) is 4.39. The van der Waals surface area contributed by atoms with Crippen LogP contribution in [-0.4, -0.2) is 44.9 Å². The molecule has 1 unspecified atom stereocenters. The molecule has 0 saturated carbocycles. The summed E-state index contributed by atoms with van der Waals surface area (Å²) < 4.78 is 37.9. The van der Waals surface area contributed by atoms with Crippen molar-refractivity contribution < 1.29 is 22.4 Å². The van der Waals surface area contributed by atoms with Crippen LogP contribution in [0.2, 0.25) is 10.0 Å². The Labute approximate surface area is 173 Å². The molecule has 1 aliphatic rings. The molecule has 1 saturated heterocycles. The van der Waals surface area contributed by atoms with E-state index in [9.17, 15) is 13.2 Å². The van der Waals surface area contributed by atoms with E-state index in [1.54, 1.807) is 26.0 Å². The highest BCUT2D eigenvalue weighted by atomic mass is 35.5. The minimum absolute atomic E-state index is 0.0213. The van der Waals surface area contributed by atoms with E-state index < -0.39 is 22.0 Å². The summed E-state index contributed by atoms with van der Waals surface area (Å²) in [6.45, 7) is 4.60. The van der Waals surface area contributed by atoms with Crippen molar-refractivity contribution in [3.63, 3.8) is 0 Å². The molecule has 2 heterocycles. The van der Waals surface area contributed by atoms with E-state index in [1.807, 2.05) is 0 Å². The van der Waals surface area contributed by atoms with E-state index in [4.69, 9.17) is 32.4 Å². The second-order valence-electron chi connectivity index (χ2n) is 6.42. The maximum absolute atomic E-state index is 12.9. The van der Waals surface area contributed by atoms with Gasteiger partial charge >= 0.3 is 0 Å². The third kappa shape index (κ3) is 4.36. The highest BCUT2D eigenvalue weighted by Gasteiger charge is 2.30. The minimum Gasteiger partial charge on any atom is -0.464 e. The molecule has 1 aromatic heterocycles. The van der Waals surface area contributed by atoms with Gasteiger partial charge in [0.05, 0.1) is 34.9 Å². The third-order valence-corrected chi connectivity index (χ3v) is 7.07. The van der Waals surface area contributed by atoms with Crippen LogP contribution < -0.4 is 5.32 Å². The van der Waals surface area contributed by atoms with Gasteiger partial charge in [0.2, 0.25) is 10.0 Å². The zero-order valence-electron chi connectivity index (χ0n) is 15.4. The molecule has 1 fully saturated rings. The summed E-state index contributed by atoms with van der Waals surface area (Å²) in [6, 6.07) is 5.61. The molecular formula is C18H20Cl2N2O5S. The predicted octanol–water partition coefficient (Wildman–Crippen LogP) is 3.41. The Bertz CT molecular complexity index is 984. The Morgan fingerprint density at radius 3 is 2.46 bits per heavy atom. The fourth-order valence-corrected chi connectivity index (χ4v) is 5.10. The Kier molecular flexibility index (Phi) is 6.36. The van der Waals surface area contributed by atoms with Gasteiger partial charge in [-0.2, -0.15) is 4.31 Å². The number of carbonyl (C=O) groups is 1. The monoisotopic (exact) mass is 446 g/mol. The van der Waals surface area contributed by atoms with Gasteiger partial charge in [-0.15, -0.1) is 0 Å². The van der Waals surface area contributed by atoms with E-state index in [0.717, 1.165) is 5.76 Å². The Morgan fingerprint density at radius 1 is 1.18 bits per heavy atom. The number of hydrogen-bond donors (Lipinski definition) is 1. The van der Waals surface area contributed by atoms with E-state index >= 15 is 0 Å². The van der Waals surface area contributed by atoms with Gasteiger partial charge in [0.15, 0.2) is 0 Å². The van der Waals surface area contributed by atoms with Crippen molar-refractivity contribution >= 4 is 39.1 Å². The van der Waals surface area contributed by atoms with Gasteiger partial charge in [0, 0.05) is 13.1 Å². The number of morpholine rings is 1. The summed E-state index contributed by atoms with van der Waals surface area (Å²) in [5.74, 6) is 0.776.